The maximum Gasteiger partial charge on any atom is 0.136 e. The second kappa shape index (κ2) is 7.13. The monoisotopic (exact) mass is 260 g/mol. The second-order valence-corrected chi connectivity index (χ2v) is 4.85. The molecule has 102 valence electrons. The Morgan fingerprint density at radius 3 is 2.84 bits per heavy atom. The van der Waals surface area contributed by atoms with Crippen LogP contribution in [0.15, 0.2) is 18.2 Å². The Labute approximate surface area is 114 Å². The average Bonchev–Trinajstić information content (AvgIpc) is 2.48. The lowest BCUT2D eigenvalue weighted by Gasteiger charge is -2.22. The first-order valence-electron chi connectivity index (χ1n) is 6.69. The Balaban J connectivity index is 1.84. The van der Waals surface area contributed by atoms with Crippen molar-refractivity contribution >= 4 is 0 Å². The van der Waals surface area contributed by atoms with E-state index in [9.17, 15) is 0 Å². The third-order valence-corrected chi connectivity index (χ3v) is 3.47. The molecule has 0 spiro atoms. The van der Waals surface area contributed by atoms with E-state index in [2.05, 4.69) is 11.4 Å². The van der Waals surface area contributed by atoms with Crippen LogP contribution in [0.3, 0.4) is 0 Å². The minimum absolute atomic E-state index is 0.560. The molecule has 1 aromatic rings. The van der Waals surface area contributed by atoms with E-state index < -0.39 is 0 Å². The van der Waals surface area contributed by atoms with Crippen LogP contribution < -0.4 is 10.1 Å². The highest BCUT2D eigenvalue weighted by Gasteiger charge is 2.13. The third kappa shape index (κ3) is 3.95. The molecule has 4 nitrogen and oxygen atoms in total. The van der Waals surface area contributed by atoms with Crippen molar-refractivity contribution in [2.45, 2.75) is 19.4 Å². The molecule has 1 N–H and O–H groups in total. The van der Waals surface area contributed by atoms with Crippen LogP contribution >= 0.6 is 0 Å². The molecule has 0 unspecified atom stereocenters. The van der Waals surface area contributed by atoms with Gasteiger partial charge in [-0.15, -0.1) is 0 Å². The number of hydrogen-bond donors (Lipinski definition) is 1. The van der Waals surface area contributed by atoms with Crippen molar-refractivity contribution in [3.05, 3.63) is 29.3 Å². The molecule has 2 rings (SSSR count). The predicted octanol–water partition coefficient (Wildman–Crippen LogP) is 2.08. The maximum atomic E-state index is 8.92. The number of rotatable bonds is 5. The summed E-state index contributed by atoms with van der Waals surface area (Å²) in [6.07, 6.45) is 2.38. The van der Waals surface area contributed by atoms with Crippen molar-refractivity contribution in [1.82, 2.24) is 5.32 Å². The summed E-state index contributed by atoms with van der Waals surface area (Å²) in [7, 11) is 1.58. The van der Waals surface area contributed by atoms with Gasteiger partial charge in [0.1, 0.15) is 11.8 Å². The largest absolute Gasteiger partial charge is 0.495 e. The first kappa shape index (κ1) is 13.9. The molecule has 1 saturated heterocycles. The zero-order valence-corrected chi connectivity index (χ0v) is 11.3. The summed E-state index contributed by atoms with van der Waals surface area (Å²) in [6.45, 7) is 3.58. The molecule has 1 aromatic carbocycles. The molecular formula is C15H20N2O2. The second-order valence-electron chi connectivity index (χ2n) is 4.85. The van der Waals surface area contributed by atoms with Gasteiger partial charge in [0.15, 0.2) is 0 Å². The lowest BCUT2D eigenvalue weighted by Crippen LogP contribution is -2.29. The van der Waals surface area contributed by atoms with E-state index in [0.29, 0.717) is 23.8 Å². The smallest absolute Gasteiger partial charge is 0.136 e. The molecule has 1 heterocycles. The van der Waals surface area contributed by atoms with Gasteiger partial charge in [0.05, 0.1) is 19.3 Å². The zero-order chi connectivity index (χ0) is 13.5. The van der Waals surface area contributed by atoms with Gasteiger partial charge in [-0.2, -0.15) is 5.26 Å². The van der Waals surface area contributed by atoms with Gasteiger partial charge >= 0.3 is 0 Å². The number of nitrogens with zero attached hydrogens (tertiary/aromatic N) is 1. The molecule has 0 atom stereocenters. The Morgan fingerprint density at radius 1 is 1.37 bits per heavy atom. The molecule has 0 amide bonds. The van der Waals surface area contributed by atoms with Crippen LogP contribution in [0, 0.1) is 17.2 Å². The summed E-state index contributed by atoms with van der Waals surface area (Å²) in [5, 5.41) is 12.3. The normalized spacial score (nSPS) is 16.0. The van der Waals surface area contributed by atoms with Gasteiger partial charge in [-0.25, -0.2) is 0 Å². The van der Waals surface area contributed by atoms with E-state index in [-0.39, 0.29) is 0 Å². The highest BCUT2D eigenvalue weighted by atomic mass is 16.5. The molecule has 19 heavy (non-hydrogen) atoms. The van der Waals surface area contributed by atoms with Crippen molar-refractivity contribution in [2.75, 3.05) is 26.8 Å². The number of methoxy groups -OCH3 is 1. The van der Waals surface area contributed by atoms with Gasteiger partial charge in [-0.1, -0.05) is 6.07 Å². The Kier molecular flexibility index (Phi) is 5.20. The van der Waals surface area contributed by atoms with Gasteiger partial charge in [0, 0.05) is 6.61 Å². The average molecular weight is 260 g/mol. The van der Waals surface area contributed by atoms with Crippen LogP contribution in [0.25, 0.3) is 0 Å². The van der Waals surface area contributed by atoms with Gasteiger partial charge in [0.25, 0.3) is 0 Å². The highest BCUT2D eigenvalue weighted by Crippen LogP contribution is 2.20. The Hall–Kier alpha value is -1.57. The Bertz CT molecular complexity index is 448. The fourth-order valence-corrected chi connectivity index (χ4v) is 2.31. The minimum atomic E-state index is 0.560. The van der Waals surface area contributed by atoms with Crippen LogP contribution in [-0.4, -0.2) is 26.8 Å². The summed E-state index contributed by atoms with van der Waals surface area (Å²) in [5.74, 6) is 1.28. The lowest BCUT2D eigenvalue weighted by molar-refractivity contribution is 0.0762. The van der Waals surface area contributed by atoms with Gasteiger partial charge in [-0.05, 0) is 49.5 Å². The van der Waals surface area contributed by atoms with Gasteiger partial charge in [0.2, 0.25) is 0 Å². The van der Waals surface area contributed by atoms with E-state index in [1.54, 1.807) is 13.2 Å². The van der Waals surface area contributed by atoms with E-state index >= 15 is 0 Å². The van der Waals surface area contributed by atoms with Crippen LogP contribution in [0.2, 0.25) is 0 Å². The van der Waals surface area contributed by atoms with Crippen LogP contribution in [0.4, 0.5) is 0 Å². The SMILES string of the molecule is COc1cc(COCC2CCNCC2)ccc1C#N. The fraction of sp³-hybridized carbons (Fsp3) is 0.533. The molecule has 1 aliphatic heterocycles. The number of nitriles is 1. The van der Waals surface area contributed by atoms with E-state index in [4.69, 9.17) is 14.7 Å². The number of nitrogens with one attached hydrogen (secondary N) is 1. The maximum absolute atomic E-state index is 8.92. The van der Waals surface area contributed by atoms with Crippen molar-refractivity contribution < 1.29 is 9.47 Å². The quantitative estimate of drug-likeness (QED) is 0.880. The van der Waals surface area contributed by atoms with Gasteiger partial charge < -0.3 is 14.8 Å². The molecule has 1 fully saturated rings. The first-order valence-corrected chi connectivity index (χ1v) is 6.69. The van der Waals surface area contributed by atoms with Crippen molar-refractivity contribution in [3.8, 4) is 11.8 Å². The van der Waals surface area contributed by atoms with E-state index in [0.717, 1.165) is 25.3 Å². The summed E-state index contributed by atoms with van der Waals surface area (Å²) in [5.41, 5.74) is 1.61. The van der Waals surface area contributed by atoms with Gasteiger partial charge in [-0.3, -0.25) is 0 Å². The summed E-state index contributed by atoms with van der Waals surface area (Å²) >= 11 is 0. The molecule has 0 aliphatic carbocycles. The molecule has 0 radical (unpaired) electrons. The number of hydrogen-bond acceptors (Lipinski definition) is 4. The lowest BCUT2D eigenvalue weighted by atomic mass is 9.99. The van der Waals surface area contributed by atoms with Crippen LogP contribution in [0.1, 0.15) is 24.0 Å². The molecule has 1 aliphatic rings. The van der Waals surface area contributed by atoms with Crippen LogP contribution in [-0.2, 0) is 11.3 Å². The standard InChI is InChI=1S/C15H20N2O2/c1-18-15-8-13(2-3-14(15)9-16)11-19-10-12-4-6-17-7-5-12/h2-3,8,12,17H,4-7,10-11H2,1H3. The molecule has 0 aromatic heterocycles. The number of ether oxygens (including phenoxy) is 2. The van der Waals surface area contributed by atoms with Crippen molar-refractivity contribution in [1.29, 1.82) is 5.26 Å². The molecule has 0 bridgehead atoms. The molecule has 0 saturated carbocycles. The highest BCUT2D eigenvalue weighted by molar-refractivity contribution is 5.45. The number of benzene rings is 1. The topological polar surface area (TPSA) is 54.3 Å². The van der Waals surface area contributed by atoms with Crippen molar-refractivity contribution in [3.63, 3.8) is 0 Å². The number of piperidine rings is 1. The summed E-state index contributed by atoms with van der Waals surface area (Å²) < 4.78 is 11.0. The summed E-state index contributed by atoms with van der Waals surface area (Å²) in [6, 6.07) is 7.68. The third-order valence-electron chi connectivity index (χ3n) is 3.47. The molecule has 4 heteroatoms. The zero-order valence-electron chi connectivity index (χ0n) is 11.3. The fourth-order valence-electron chi connectivity index (χ4n) is 2.31. The van der Waals surface area contributed by atoms with E-state index in [1.807, 2.05) is 12.1 Å². The minimum Gasteiger partial charge on any atom is -0.495 e. The van der Waals surface area contributed by atoms with Crippen molar-refractivity contribution in [2.24, 2.45) is 5.92 Å². The Morgan fingerprint density at radius 2 is 2.16 bits per heavy atom. The first-order chi connectivity index (χ1) is 9.33. The van der Waals surface area contributed by atoms with Crippen LogP contribution in [0.5, 0.6) is 5.75 Å². The summed E-state index contributed by atoms with van der Waals surface area (Å²) in [4.78, 5) is 0. The van der Waals surface area contributed by atoms with E-state index in [1.165, 1.54) is 12.8 Å². The molecular weight excluding hydrogens is 240 g/mol. The predicted molar refractivity (Wildman–Crippen MR) is 73.0 cm³/mol.